The Morgan fingerprint density at radius 3 is 1.40 bits per heavy atom. The Hall–Kier alpha value is -2.60. The zero-order chi connectivity index (χ0) is 37.1. The van der Waals surface area contributed by atoms with E-state index in [0.717, 1.165) is 0 Å². The summed E-state index contributed by atoms with van der Waals surface area (Å²) >= 11 is 0. The van der Waals surface area contributed by atoms with E-state index in [2.05, 4.69) is 0 Å². The number of ether oxygens (including phenoxy) is 3. The fraction of sp³-hybridized carbons (Fsp3) is 0.743. The van der Waals surface area contributed by atoms with Crippen LogP contribution >= 0.6 is 0 Å². The van der Waals surface area contributed by atoms with E-state index in [4.69, 9.17) is 32.8 Å². The highest BCUT2D eigenvalue weighted by atomic mass is 16.7. The maximum Gasteiger partial charge on any atom is 0.495 e. The van der Waals surface area contributed by atoms with E-state index in [1.807, 2.05) is 67.5 Å². The van der Waals surface area contributed by atoms with Crippen molar-refractivity contribution in [2.75, 3.05) is 0 Å². The number of hydrogen-bond donors (Lipinski definition) is 0. The lowest BCUT2D eigenvalue weighted by atomic mass is 9.69. The van der Waals surface area contributed by atoms with Gasteiger partial charge in [-0.25, -0.2) is 14.4 Å². The van der Waals surface area contributed by atoms with Crippen LogP contribution in [0.15, 0.2) is 18.2 Å². The van der Waals surface area contributed by atoms with Gasteiger partial charge in [0, 0.05) is 6.42 Å². The monoisotopic (exact) mass is 673 g/mol. The maximum atomic E-state index is 14.0. The van der Waals surface area contributed by atoms with Crippen molar-refractivity contribution in [3.8, 4) is 0 Å². The molecule has 0 aliphatic carbocycles. The molecule has 2 heterocycles. The van der Waals surface area contributed by atoms with E-state index in [0.29, 0.717) is 21.4 Å². The summed E-state index contributed by atoms with van der Waals surface area (Å²) in [5.74, 6) is -0.811. The van der Waals surface area contributed by atoms with E-state index in [-0.39, 0.29) is 6.42 Å². The summed E-state index contributed by atoms with van der Waals surface area (Å²) in [4.78, 5) is 42.3. The zero-order valence-corrected chi connectivity index (χ0v) is 32.2. The van der Waals surface area contributed by atoms with Gasteiger partial charge >= 0.3 is 32.4 Å². The number of carbonyl (C=O) groups is 3. The Labute approximate surface area is 288 Å². The van der Waals surface area contributed by atoms with Crippen LogP contribution in [0.3, 0.4) is 0 Å². The van der Waals surface area contributed by atoms with Crippen molar-refractivity contribution in [2.45, 2.75) is 169 Å². The van der Waals surface area contributed by atoms with E-state index >= 15 is 0 Å². The van der Waals surface area contributed by atoms with Crippen LogP contribution in [0, 0.1) is 0 Å². The van der Waals surface area contributed by atoms with Gasteiger partial charge in [-0.05, 0) is 134 Å². The molecule has 1 aromatic carbocycles. The largest absolute Gasteiger partial charge is 0.495 e. The molecular weight excluding hydrogens is 616 g/mol. The molecule has 0 N–H and O–H groups in total. The smallest absolute Gasteiger partial charge is 0.458 e. The van der Waals surface area contributed by atoms with Gasteiger partial charge in [0.1, 0.15) is 22.8 Å². The number of amides is 2. The first-order valence-electron chi connectivity index (χ1n) is 16.7. The summed E-state index contributed by atoms with van der Waals surface area (Å²) in [6.07, 6.45) is -2.24. The third-order valence-corrected chi connectivity index (χ3v) is 8.79. The van der Waals surface area contributed by atoms with Crippen molar-refractivity contribution >= 4 is 43.3 Å². The highest BCUT2D eigenvalue weighted by Crippen LogP contribution is 2.38. The summed E-state index contributed by atoms with van der Waals surface area (Å²) in [6, 6.07) is 4.04. The maximum absolute atomic E-state index is 14.0. The summed E-state index contributed by atoms with van der Waals surface area (Å²) in [5.41, 5.74) is -3.54. The predicted molar refractivity (Wildman–Crippen MR) is 186 cm³/mol. The number of rotatable bonds is 6. The third kappa shape index (κ3) is 9.34. The molecule has 48 heavy (non-hydrogen) atoms. The zero-order valence-electron chi connectivity index (χ0n) is 32.2. The fourth-order valence-corrected chi connectivity index (χ4v) is 4.92. The molecule has 3 rings (SSSR count). The lowest BCUT2D eigenvalue weighted by Crippen LogP contribution is -2.55. The first-order chi connectivity index (χ1) is 21.3. The molecule has 0 aromatic heterocycles. The van der Waals surface area contributed by atoms with Crippen LogP contribution in [0.1, 0.15) is 123 Å². The standard InChI is InChI=1S/C35H57B2NO10/c1-29(2,3)42-26(39)25(38(27(40)43-30(4,5)6)28(41)44-31(7,8)9)20-22-18-19-23(36-45-32(10,11)33(12,13)46-36)21-24(22)37-47-34(14,15)35(16,17)48-37/h18-19,21,25H,20H2,1-17H3/t25-/m1/s1. The quantitative estimate of drug-likeness (QED) is 0.211. The Kier molecular flexibility index (Phi) is 10.7. The molecule has 2 fully saturated rings. The Bertz CT molecular complexity index is 1320. The van der Waals surface area contributed by atoms with Crippen molar-refractivity contribution in [2.24, 2.45) is 0 Å². The van der Waals surface area contributed by atoms with Crippen LogP contribution in [0.25, 0.3) is 0 Å². The van der Waals surface area contributed by atoms with E-state index in [1.54, 1.807) is 68.4 Å². The predicted octanol–water partition coefficient (Wildman–Crippen LogP) is 5.71. The molecule has 0 spiro atoms. The van der Waals surface area contributed by atoms with Crippen molar-refractivity contribution in [3.63, 3.8) is 0 Å². The van der Waals surface area contributed by atoms with Crippen LogP contribution in [-0.4, -0.2) is 82.5 Å². The van der Waals surface area contributed by atoms with Crippen molar-refractivity contribution < 1.29 is 47.2 Å². The Morgan fingerprint density at radius 2 is 1.02 bits per heavy atom. The van der Waals surface area contributed by atoms with Crippen LogP contribution in [0.5, 0.6) is 0 Å². The van der Waals surface area contributed by atoms with Gasteiger partial charge in [-0.1, -0.05) is 18.2 Å². The number of nitrogens with zero attached hydrogens (tertiary/aromatic N) is 1. The lowest BCUT2D eigenvalue weighted by Gasteiger charge is -2.34. The molecule has 13 heteroatoms. The third-order valence-electron chi connectivity index (χ3n) is 8.79. The average Bonchev–Trinajstić information content (AvgIpc) is 3.19. The minimum absolute atomic E-state index is 0.156. The van der Waals surface area contributed by atoms with Crippen LogP contribution in [0.2, 0.25) is 0 Å². The second-order valence-corrected chi connectivity index (χ2v) is 17.7. The molecule has 1 atom stereocenters. The number of benzene rings is 1. The van der Waals surface area contributed by atoms with Crippen molar-refractivity contribution in [1.82, 2.24) is 4.90 Å². The molecule has 2 aliphatic heterocycles. The van der Waals surface area contributed by atoms with Crippen LogP contribution in [-0.2, 0) is 44.0 Å². The molecule has 0 unspecified atom stereocenters. The van der Waals surface area contributed by atoms with Gasteiger partial charge in [-0.2, -0.15) is 4.90 Å². The molecule has 0 saturated carbocycles. The van der Waals surface area contributed by atoms with Crippen LogP contribution < -0.4 is 10.9 Å². The molecule has 1 aromatic rings. The summed E-state index contributed by atoms with van der Waals surface area (Å²) in [5, 5.41) is 0. The summed E-state index contributed by atoms with van der Waals surface area (Å²) in [6.45, 7) is 30.9. The number of hydrogen-bond acceptors (Lipinski definition) is 10. The second kappa shape index (κ2) is 12.9. The molecule has 11 nitrogen and oxygen atoms in total. The second-order valence-electron chi connectivity index (χ2n) is 17.7. The molecule has 2 saturated heterocycles. The Balaban J connectivity index is 2.22. The number of esters is 1. The highest BCUT2D eigenvalue weighted by molar-refractivity contribution is 6.66. The summed E-state index contributed by atoms with van der Waals surface area (Å²) < 4.78 is 42.7. The molecule has 0 radical (unpaired) electrons. The van der Waals surface area contributed by atoms with Gasteiger partial charge in [0.15, 0.2) is 0 Å². The lowest BCUT2D eigenvalue weighted by molar-refractivity contribution is -0.161. The SMILES string of the molecule is CC(C)(C)OC(=O)[C@@H](Cc1ccc(B2OC(C)(C)C(C)(C)O2)cc1B1OC(C)(C)C(C)(C)O1)N(C(=O)OC(C)(C)C)C(=O)OC(C)(C)C. The van der Waals surface area contributed by atoms with Gasteiger partial charge in [0.25, 0.3) is 0 Å². The van der Waals surface area contributed by atoms with Gasteiger partial charge in [0.05, 0.1) is 22.4 Å². The van der Waals surface area contributed by atoms with E-state index in [9.17, 15) is 14.4 Å². The normalized spacial score (nSPS) is 20.7. The van der Waals surface area contributed by atoms with Gasteiger partial charge in [-0.15, -0.1) is 0 Å². The van der Waals surface area contributed by atoms with Crippen LogP contribution in [0.4, 0.5) is 9.59 Å². The van der Waals surface area contributed by atoms with E-state index < -0.39 is 77.6 Å². The van der Waals surface area contributed by atoms with Crippen molar-refractivity contribution in [3.05, 3.63) is 23.8 Å². The molecule has 2 amide bonds. The number of imide groups is 1. The van der Waals surface area contributed by atoms with E-state index in [1.165, 1.54) is 0 Å². The first-order valence-corrected chi connectivity index (χ1v) is 16.7. The topological polar surface area (TPSA) is 119 Å². The Morgan fingerprint density at radius 1 is 0.646 bits per heavy atom. The van der Waals surface area contributed by atoms with Gasteiger partial charge in [-0.3, -0.25) is 0 Å². The fourth-order valence-electron chi connectivity index (χ4n) is 4.92. The highest BCUT2D eigenvalue weighted by Gasteiger charge is 2.55. The van der Waals surface area contributed by atoms with Crippen molar-refractivity contribution in [1.29, 1.82) is 0 Å². The number of carbonyl (C=O) groups excluding carboxylic acids is 3. The minimum Gasteiger partial charge on any atom is -0.458 e. The summed E-state index contributed by atoms with van der Waals surface area (Å²) in [7, 11) is -1.55. The van der Waals surface area contributed by atoms with Gasteiger partial charge in [0.2, 0.25) is 0 Å². The molecule has 0 bridgehead atoms. The van der Waals surface area contributed by atoms with Gasteiger partial charge < -0.3 is 32.8 Å². The minimum atomic E-state index is -1.47. The molecule has 268 valence electrons. The average molecular weight is 673 g/mol. The molecular formula is C35H57B2NO10. The first kappa shape index (κ1) is 39.8. The molecule has 2 aliphatic rings.